The van der Waals surface area contributed by atoms with Crippen molar-refractivity contribution in [3.05, 3.63) is 0 Å². The van der Waals surface area contributed by atoms with Gasteiger partial charge in [0.2, 0.25) is 0 Å². The molecule has 0 saturated carbocycles. The highest BCUT2D eigenvalue weighted by Crippen LogP contribution is 2.36. The molecule has 0 aliphatic rings. The normalized spacial score (nSPS) is 11.4. The summed E-state index contributed by atoms with van der Waals surface area (Å²) in [4.78, 5) is 21.8. The van der Waals surface area contributed by atoms with Crippen LogP contribution in [0.25, 0.3) is 0 Å². The van der Waals surface area contributed by atoms with Gasteiger partial charge in [0.25, 0.3) is 0 Å². The highest BCUT2D eigenvalue weighted by Gasteiger charge is 2.29. The third-order valence-corrected chi connectivity index (χ3v) is 3.49. The molecule has 0 N–H and O–H groups in total. The molecule has 0 bridgehead atoms. The molecule has 0 saturated heterocycles. The molecule has 0 amide bonds. The number of carboxylic acid groups (broad SMARTS) is 2. The maximum Gasteiger partial charge on any atom is 0.0476 e. The van der Waals surface area contributed by atoms with E-state index in [0.717, 1.165) is 25.7 Å². The lowest BCUT2D eigenvalue weighted by Gasteiger charge is -2.35. The molecule has 106 valence electrons. The van der Waals surface area contributed by atoms with Gasteiger partial charge in [-0.2, -0.15) is 0 Å². The standard InChI is InChI=1S/C14H26O4/c1-3-5-9-14(13(17)18,10-6-4-2)11-7-8-12(15)16/h3-11H2,1-2H3,(H,15,16)(H,17,18)/p-2. The van der Waals surface area contributed by atoms with Crippen LogP contribution in [0, 0.1) is 5.41 Å². The van der Waals surface area contributed by atoms with Gasteiger partial charge in [0.05, 0.1) is 0 Å². The van der Waals surface area contributed by atoms with Gasteiger partial charge in [-0.15, -0.1) is 0 Å². The Balaban J connectivity index is 4.59. The molecule has 0 heterocycles. The van der Waals surface area contributed by atoms with Crippen LogP contribution in [0.5, 0.6) is 0 Å². The first-order valence-electron chi connectivity index (χ1n) is 6.89. The monoisotopic (exact) mass is 256 g/mol. The van der Waals surface area contributed by atoms with E-state index < -0.39 is 17.4 Å². The summed E-state index contributed by atoms with van der Waals surface area (Å²) in [6.45, 7) is 4.03. The quantitative estimate of drug-likeness (QED) is 0.553. The molecular formula is C14H24O4-2. The third kappa shape index (κ3) is 6.03. The van der Waals surface area contributed by atoms with Crippen molar-refractivity contribution < 1.29 is 19.8 Å². The molecule has 0 atom stereocenters. The molecule has 0 aromatic heterocycles. The smallest absolute Gasteiger partial charge is 0.0476 e. The van der Waals surface area contributed by atoms with E-state index in [-0.39, 0.29) is 6.42 Å². The molecule has 0 rings (SSSR count). The van der Waals surface area contributed by atoms with Crippen molar-refractivity contribution in [1.82, 2.24) is 0 Å². The van der Waals surface area contributed by atoms with Crippen LogP contribution < -0.4 is 10.2 Å². The minimum atomic E-state index is -1.12. The topological polar surface area (TPSA) is 80.3 Å². The molecule has 0 radical (unpaired) electrons. The Morgan fingerprint density at radius 1 is 0.889 bits per heavy atom. The molecule has 4 heteroatoms. The van der Waals surface area contributed by atoms with Crippen molar-refractivity contribution in [2.45, 2.75) is 71.6 Å². The molecule has 0 unspecified atom stereocenters. The Kier molecular flexibility index (Phi) is 8.42. The van der Waals surface area contributed by atoms with Gasteiger partial charge in [-0.25, -0.2) is 0 Å². The third-order valence-electron chi connectivity index (χ3n) is 3.49. The molecule has 0 aliphatic carbocycles. The second kappa shape index (κ2) is 8.95. The van der Waals surface area contributed by atoms with Crippen molar-refractivity contribution >= 4 is 11.9 Å². The fourth-order valence-electron chi connectivity index (χ4n) is 2.28. The first-order chi connectivity index (χ1) is 8.48. The van der Waals surface area contributed by atoms with Crippen LogP contribution in [-0.4, -0.2) is 11.9 Å². The van der Waals surface area contributed by atoms with Crippen LogP contribution >= 0.6 is 0 Å². The van der Waals surface area contributed by atoms with Crippen molar-refractivity contribution in [3.8, 4) is 0 Å². The van der Waals surface area contributed by atoms with Crippen LogP contribution in [0.15, 0.2) is 0 Å². The zero-order chi connectivity index (χ0) is 14.0. The number of aliphatic carboxylic acids is 2. The molecule has 0 aliphatic heterocycles. The Morgan fingerprint density at radius 3 is 1.67 bits per heavy atom. The maximum absolute atomic E-state index is 11.4. The molecule has 0 fully saturated rings. The summed E-state index contributed by atoms with van der Waals surface area (Å²) in [5.41, 5.74) is -0.846. The van der Waals surface area contributed by atoms with Crippen LogP contribution in [0.2, 0.25) is 0 Å². The SMILES string of the molecule is CCCCC(CCCC)(CCCC(=O)[O-])C(=O)[O-]. The number of carbonyl (C=O) groups excluding carboxylic acids is 2. The Bertz CT molecular complexity index is 253. The summed E-state index contributed by atoms with van der Waals surface area (Å²) < 4.78 is 0. The average Bonchev–Trinajstić information content (AvgIpc) is 2.31. The van der Waals surface area contributed by atoms with E-state index in [0.29, 0.717) is 25.7 Å². The van der Waals surface area contributed by atoms with E-state index in [1.807, 2.05) is 13.8 Å². The molecule has 4 nitrogen and oxygen atoms in total. The fourth-order valence-corrected chi connectivity index (χ4v) is 2.28. The minimum absolute atomic E-state index is 0.0761. The molecule has 0 spiro atoms. The number of hydrogen-bond donors (Lipinski definition) is 0. The highest BCUT2D eigenvalue weighted by atomic mass is 16.4. The van der Waals surface area contributed by atoms with E-state index in [1.165, 1.54) is 0 Å². The predicted octanol–water partition coefficient (Wildman–Crippen LogP) is 1.02. The minimum Gasteiger partial charge on any atom is -0.550 e. The van der Waals surface area contributed by atoms with E-state index in [2.05, 4.69) is 0 Å². The molecule has 0 aromatic carbocycles. The fraction of sp³-hybridized carbons (Fsp3) is 0.857. The van der Waals surface area contributed by atoms with E-state index in [1.54, 1.807) is 0 Å². The lowest BCUT2D eigenvalue weighted by Crippen LogP contribution is -2.42. The Morgan fingerprint density at radius 2 is 1.33 bits per heavy atom. The van der Waals surface area contributed by atoms with Gasteiger partial charge >= 0.3 is 0 Å². The summed E-state index contributed by atoms with van der Waals surface area (Å²) in [6, 6.07) is 0. The Labute approximate surface area is 109 Å². The van der Waals surface area contributed by atoms with Crippen molar-refractivity contribution in [3.63, 3.8) is 0 Å². The predicted molar refractivity (Wildman–Crippen MR) is 65.3 cm³/mol. The number of carbonyl (C=O) groups is 2. The van der Waals surface area contributed by atoms with E-state index in [9.17, 15) is 19.8 Å². The van der Waals surface area contributed by atoms with Gasteiger partial charge in [-0.05, 0) is 32.1 Å². The van der Waals surface area contributed by atoms with Gasteiger partial charge in [0, 0.05) is 17.4 Å². The molecule has 18 heavy (non-hydrogen) atoms. The zero-order valence-corrected chi connectivity index (χ0v) is 11.5. The average molecular weight is 256 g/mol. The summed E-state index contributed by atoms with van der Waals surface area (Å²) >= 11 is 0. The van der Waals surface area contributed by atoms with Crippen LogP contribution in [0.1, 0.15) is 71.6 Å². The van der Waals surface area contributed by atoms with Crippen molar-refractivity contribution in [2.75, 3.05) is 0 Å². The van der Waals surface area contributed by atoms with Crippen LogP contribution in [0.4, 0.5) is 0 Å². The maximum atomic E-state index is 11.4. The second-order valence-electron chi connectivity index (χ2n) is 5.00. The van der Waals surface area contributed by atoms with Gasteiger partial charge in [0.15, 0.2) is 0 Å². The number of unbranched alkanes of at least 4 members (excludes halogenated alkanes) is 2. The first kappa shape index (κ1) is 16.9. The lowest BCUT2D eigenvalue weighted by molar-refractivity contribution is -0.321. The van der Waals surface area contributed by atoms with Gasteiger partial charge in [-0.3, -0.25) is 0 Å². The van der Waals surface area contributed by atoms with E-state index in [4.69, 9.17) is 0 Å². The lowest BCUT2D eigenvalue weighted by atomic mass is 9.74. The van der Waals surface area contributed by atoms with Crippen molar-refractivity contribution in [2.24, 2.45) is 5.41 Å². The summed E-state index contributed by atoms with van der Waals surface area (Å²) in [6.07, 6.45) is 5.35. The van der Waals surface area contributed by atoms with Crippen LogP contribution in [0.3, 0.4) is 0 Å². The molecule has 0 aromatic rings. The molecular weight excluding hydrogens is 232 g/mol. The number of rotatable bonds is 11. The summed E-state index contributed by atoms with van der Waals surface area (Å²) in [5, 5.41) is 21.8. The summed E-state index contributed by atoms with van der Waals surface area (Å²) in [7, 11) is 0. The largest absolute Gasteiger partial charge is 0.550 e. The van der Waals surface area contributed by atoms with Gasteiger partial charge in [0.1, 0.15) is 0 Å². The number of carboxylic acids is 2. The van der Waals surface area contributed by atoms with Gasteiger partial charge < -0.3 is 19.8 Å². The summed E-state index contributed by atoms with van der Waals surface area (Å²) in [5.74, 6) is -2.14. The second-order valence-corrected chi connectivity index (χ2v) is 5.00. The first-order valence-corrected chi connectivity index (χ1v) is 6.89. The van der Waals surface area contributed by atoms with Crippen LogP contribution in [-0.2, 0) is 9.59 Å². The van der Waals surface area contributed by atoms with Gasteiger partial charge in [-0.1, -0.05) is 39.5 Å². The Hall–Kier alpha value is -1.06. The highest BCUT2D eigenvalue weighted by molar-refractivity contribution is 5.72. The van der Waals surface area contributed by atoms with Crippen molar-refractivity contribution in [1.29, 1.82) is 0 Å². The number of hydrogen-bond acceptors (Lipinski definition) is 4. The zero-order valence-electron chi connectivity index (χ0n) is 11.5. The van der Waals surface area contributed by atoms with E-state index >= 15 is 0 Å².